The average Bonchev–Trinajstić information content (AvgIpc) is 3.73. The Morgan fingerprint density at radius 1 is 0.396 bits per heavy atom. The standard InChI is InChI=1S/C48H33N5/c1-48(2)38-21-11-14-24-43(38)53-42-26-25-33(52-40-22-12-9-19-34(40)35-20-10-13-23-41(35)52)29-36(42)37-27-32(28-39(48)44(37)53)47-50-45(30-15-5-3-6-16-30)49-46(51-47)31-17-7-4-8-18-31/h3-29H,1-2H3. The van der Waals surface area contributed by atoms with Gasteiger partial charge in [-0.05, 0) is 59.7 Å². The summed E-state index contributed by atoms with van der Waals surface area (Å²) in [6, 6.07) is 58.2. The van der Waals surface area contributed by atoms with Gasteiger partial charge in [-0.3, -0.25) is 0 Å². The highest BCUT2D eigenvalue weighted by molar-refractivity contribution is 6.14. The van der Waals surface area contributed by atoms with Crippen LogP contribution >= 0.6 is 0 Å². The summed E-state index contributed by atoms with van der Waals surface area (Å²) in [6.07, 6.45) is 0. The van der Waals surface area contributed by atoms with Crippen LogP contribution in [-0.4, -0.2) is 24.1 Å². The third kappa shape index (κ3) is 4.34. The molecule has 0 amide bonds. The Hall–Kier alpha value is -6.85. The van der Waals surface area contributed by atoms with E-state index in [0.717, 1.165) is 22.4 Å². The van der Waals surface area contributed by atoms with Crippen molar-refractivity contribution in [2.75, 3.05) is 0 Å². The first-order chi connectivity index (χ1) is 26.0. The molecular formula is C48H33N5. The lowest BCUT2D eigenvalue weighted by atomic mass is 9.74. The minimum absolute atomic E-state index is 0.275. The van der Waals surface area contributed by atoms with E-state index in [4.69, 9.17) is 15.0 Å². The zero-order valence-corrected chi connectivity index (χ0v) is 29.3. The van der Waals surface area contributed by atoms with Gasteiger partial charge in [-0.1, -0.05) is 129 Å². The van der Waals surface area contributed by atoms with Crippen molar-refractivity contribution < 1.29 is 0 Å². The van der Waals surface area contributed by atoms with Crippen molar-refractivity contribution in [1.29, 1.82) is 0 Å². The Morgan fingerprint density at radius 3 is 1.57 bits per heavy atom. The van der Waals surface area contributed by atoms with Crippen LogP contribution in [0.3, 0.4) is 0 Å². The molecule has 10 aromatic rings. The highest BCUT2D eigenvalue weighted by Crippen LogP contribution is 2.49. The summed E-state index contributed by atoms with van der Waals surface area (Å²) in [5.41, 5.74) is 12.3. The molecule has 0 N–H and O–H groups in total. The summed E-state index contributed by atoms with van der Waals surface area (Å²) >= 11 is 0. The molecule has 0 spiro atoms. The second kappa shape index (κ2) is 11.1. The summed E-state index contributed by atoms with van der Waals surface area (Å²) < 4.78 is 4.87. The van der Waals surface area contributed by atoms with Gasteiger partial charge in [0.05, 0.1) is 27.8 Å². The second-order valence-electron chi connectivity index (χ2n) is 14.5. The van der Waals surface area contributed by atoms with E-state index in [0.29, 0.717) is 17.5 Å². The normalized spacial score (nSPS) is 13.2. The molecule has 5 heteroatoms. The van der Waals surface area contributed by atoms with E-state index >= 15 is 0 Å². The molecule has 0 aliphatic carbocycles. The topological polar surface area (TPSA) is 48.5 Å². The maximum absolute atomic E-state index is 5.17. The van der Waals surface area contributed by atoms with Crippen LogP contribution in [0.1, 0.15) is 25.0 Å². The van der Waals surface area contributed by atoms with E-state index in [1.165, 1.54) is 60.4 Å². The van der Waals surface area contributed by atoms with Gasteiger partial charge in [0.2, 0.25) is 0 Å². The minimum Gasteiger partial charge on any atom is -0.309 e. The fourth-order valence-electron chi connectivity index (χ4n) is 8.61. The predicted molar refractivity (Wildman–Crippen MR) is 217 cm³/mol. The zero-order chi connectivity index (χ0) is 35.3. The Kier molecular flexibility index (Phi) is 6.23. The van der Waals surface area contributed by atoms with Gasteiger partial charge in [0, 0.05) is 49.3 Å². The average molecular weight is 680 g/mol. The third-order valence-electron chi connectivity index (χ3n) is 11.1. The third-order valence-corrected chi connectivity index (χ3v) is 11.1. The summed E-state index contributed by atoms with van der Waals surface area (Å²) in [7, 11) is 0. The van der Waals surface area contributed by atoms with Crippen LogP contribution in [0.15, 0.2) is 164 Å². The van der Waals surface area contributed by atoms with Gasteiger partial charge in [-0.2, -0.15) is 0 Å². The summed E-state index contributed by atoms with van der Waals surface area (Å²) in [5, 5.41) is 4.88. The van der Waals surface area contributed by atoms with Gasteiger partial charge in [0.15, 0.2) is 17.5 Å². The van der Waals surface area contributed by atoms with Crippen molar-refractivity contribution in [2.24, 2.45) is 0 Å². The minimum atomic E-state index is -0.275. The van der Waals surface area contributed by atoms with E-state index in [2.05, 4.69) is 150 Å². The largest absolute Gasteiger partial charge is 0.309 e. The van der Waals surface area contributed by atoms with Crippen molar-refractivity contribution in [2.45, 2.75) is 19.3 Å². The monoisotopic (exact) mass is 679 g/mol. The lowest BCUT2D eigenvalue weighted by molar-refractivity contribution is 0.630. The van der Waals surface area contributed by atoms with Gasteiger partial charge in [0.1, 0.15) is 0 Å². The molecule has 0 atom stereocenters. The smallest absolute Gasteiger partial charge is 0.164 e. The zero-order valence-electron chi connectivity index (χ0n) is 29.3. The van der Waals surface area contributed by atoms with E-state index < -0.39 is 0 Å². The SMILES string of the molecule is CC1(C)c2ccccc2-n2c3ccc(-n4c5ccccc5c5ccccc54)cc3c3cc(-c4nc(-c5ccccc5)nc(-c5ccccc5)n4)cc1c32. The highest BCUT2D eigenvalue weighted by Gasteiger charge is 2.36. The van der Waals surface area contributed by atoms with E-state index in [1.54, 1.807) is 0 Å². The number of hydrogen-bond donors (Lipinski definition) is 0. The van der Waals surface area contributed by atoms with Gasteiger partial charge in [-0.25, -0.2) is 15.0 Å². The van der Waals surface area contributed by atoms with E-state index in [1.807, 2.05) is 36.4 Å². The maximum Gasteiger partial charge on any atom is 0.164 e. The Labute approximate surface area is 306 Å². The number of para-hydroxylation sites is 3. The number of rotatable bonds is 4. The number of fused-ring (bicyclic) bond motifs is 8. The molecule has 4 heterocycles. The molecule has 53 heavy (non-hydrogen) atoms. The molecule has 11 rings (SSSR count). The lowest BCUT2D eigenvalue weighted by Crippen LogP contribution is -2.26. The first-order valence-electron chi connectivity index (χ1n) is 18.1. The first kappa shape index (κ1) is 29.8. The molecule has 0 unspecified atom stereocenters. The molecule has 1 aliphatic rings. The molecular weight excluding hydrogens is 647 g/mol. The quantitative estimate of drug-likeness (QED) is 0.186. The van der Waals surface area contributed by atoms with Crippen LogP contribution in [0.25, 0.3) is 89.2 Å². The fraction of sp³-hybridized carbons (Fsp3) is 0.0625. The van der Waals surface area contributed by atoms with Gasteiger partial charge in [0.25, 0.3) is 0 Å². The summed E-state index contributed by atoms with van der Waals surface area (Å²) in [4.78, 5) is 15.3. The molecule has 5 nitrogen and oxygen atoms in total. The van der Waals surface area contributed by atoms with E-state index in [-0.39, 0.29) is 5.41 Å². The molecule has 0 fully saturated rings. The summed E-state index contributed by atoms with van der Waals surface area (Å²) in [5.74, 6) is 1.97. The predicted octanol–water partition coefficient (Wildman–Crippen LogP) is 11.7. The first-order valence-corrected chi connectivity index (χ1v) is 18.1. The molecule has 0 radical (unpaired) electrons. The Bertz CT molecular complexity index is 2970. The van der Waals surface area contributed by atoms with Crippen molar-refractivity contribution in [3.63, 3.8) is 0 Å². The van der Waals surface area contributed by atoms with Crippen molar-refractivity contribution in [3.8, 4) is 45.5 Å². The molecule has 3 aromatic heterocycles. The van der Waals surface area contributed by atoms with Crippen LogP contribution in [0.5, 0.6) is 0 Å². The van der Waals surface area contributed by atoms with Crippen molar-refractivity contribution in [1.82, 2.24) is 24.1 Å². The highest BCUT2D eigenvalue weighted by atomic mass is 15.0. The van der Waals surface area contributed by atoms with Gasteiger partial charge >= 0.3 is 0 Å². The van der Waals surface area contributed by atoms with Crippen LogP contribution in [-0.2, 0) is 5.41 Å². The van der Waals surface area contributed by atoms with Crippen LogP contribution < -0.4 is 0 Å². The second-order valence-corrected chi connectivity index (χ2v) is 14.5. The Morgan fingerprint density at radius 2 is 0.925 bits per heavy atom. The number of benzene rings is 7. The number of hydrogen-bond acceptors (Lipinski definition) is 3. The number of nitrogens with zero attached hydrogens (tertiary/aromatic N) is 5. The van der Waals surface area contributed by atoms with Crippen molar-refractivity contribution in [3.05, 3.63) is 175 Å². The van der Waals surface area contributed by atoms with Gasteiger partial charge < -0.3 is 9.13 Å². The van der Waals surface area contributed by atoms with Crippen LogP contribution in [0, 0.1) is 0 Å². The van der Waals surface area contributed by atoms with Crippen molar-refractivity contribution >= 4 is 43.6 Å². The molecule has 0 bridgehead atoms. The number of aromatic nitrogens is 5. The molecule has 0 saturated heterocycles. The Balaban J connectivity index is 1.23. The van der Waals surface area contributed by atoms with Gasteiger partial charge in [-0.15, -0.1) is 0 Å². The fourth-order valence-corrected chi connectivity index (χ4v) is 8.61. The van der Waals surface area contributed by atoms with Crippen LogP contribution in [0.4, 0.5) is 0 Å². The maximum atomic E-state index is 5.17. The van der Waals surface area contributed by atoms with Crippen LogP contribution in [0.2, 0.25) is 0 Å². The molecule has 7 aromatic carbocycles. The molecule has 1 aliphatic heterocycles. The van der Waals surface area contributed by atoms with E-state index in [9.17, 15) is 0 Å². The molecule has 250 valence electrons. The molecule has 0 saturated carbocycles. The lowest BCUT2D eigenvalue weighted by Gasteiger charge is -2.35. The summed E-state index contributed by atoms with van der Waals surface area (Å²) in [6.45, 7) is 4.68.